The van der Waals surface area contributed by atoms with Gasteiger partial charge in [0.05, 0.1) is 35.0 Å². The number of nitrogens with one attached hydrogen (secondary N) is 3. The number of hydrogen-bond donors (Lipinski definition) is 3. The van der Waals surface area contributed by atoms with Gasteiger partial charge < -0.3 is 20.0 Å². The number of rotatable bonds is 5. The first-order valence-corrected chi connectivity index (χ1v) is 17.8. The lowest BCUT2D eigenvalue weighted by Gasteiger charge is -2.27. The third-order valence-corrected chi connectivity index (χ3v) is 11.0. The van der Waals surface area contributed by atoms with Crippen molar-refractivity contribution < 1.29 is 9.53 Å². The van der Waals surface area contributed by atoms with Crippen LogP contribution in [0.15, 0.2) is 60.8 Å². The van der Waals surface area contributed by atoms with Crippen molar-refractivity contribution in [2.45, 2.75) is 95.2 Å². The number of aromatic amines is 2. The number of aromatic nitrogens is 4. The lowest BCUT2D eigenvalue weighted by Crippen LogP contribution is -2.36. The van der Waals surface area contributed by atoms with Crippen LogP contribution in [0.2, 0.25) is 0 Å². The number of nitrogens with zero attached hydrogens (tertiary/aromatic N) is 3. The summed E-state index contributed by atoms with van der Waals surface area (Å²) in [6.45, 7) is 7.49. The number of carbonyl (C=O) groups excluding carboxylic acids is 1. The van der Waals surface area contributed by atoms with E-state index in [0.717, 1.165) is 54.2 Å². The zero-order valence-corrected chi connectivity index (χ0v) is 28.1. The van der Waals surface area contributed by atoms with Crippen LogP contribution in [0, 0.1) is 0 Å². The molecule has 1 unspecified atom stereocenters. The molecule has 3 aromatic carbocycles. The SMILES string of the molecule is CC(C)(C)OC(=O)N1CCC[C@H]1c1nc2ccc(-c3ccc(-c4ccc(-c5cnc([C@@H]6CCCN6)[nH]5)cc4)c4c3C3CC[C@@H]4C3)cc2[nH]1. The second-order valence-corrected chi connectivity index (χ2v) is 15.3. The molecule has 2 aliphatic carbocycles. The number of ether oxygens (including phenoxy) is 1. The fourth-order valence-corrected chi connectivity index (χ4v) is 8.88. The van der Waals surface area contributed by atoms with E-state index in [1.165, 1.54) is 53.5 Å². The number of amides is 1. The number of hydrogen-bond acceptors (Lipinski definition) is 5. The minimum atomic E-state index is -0.525. The van der Waals surface area contributed by atoms with E-state index in [0.29, 0.717) is 24.4 Å². The Balaban J connectivity index is 1.02. The Labute approximate surface area is 281 Å². The van der Waals surface area contributed by atoms with Gasteiger partial charge in [-0.15, -0.1) is 0 Å². The predicted molar refractivity (Wildman–Crippen MR) is 189 cm³/mol. The fourth-order valence-electron chi connectivity index (χ4n) is 8.88. The number of H-pyrrole nitrogens is 2. The first kappa shape index (κ1) is 29.7. The molecule has 8 heteroatoms. The van der Waals surface area contributed by atoms with Crippen molar-refractivity contribution in [3.63, 3.8) is 0 Å². The maximum Gasteiger partial charge on any atom is 0.410 e. The van der Waals surface area contributed by atoms with Gasteiger partial charge in [-0.2, -0.15) is 0 Å². The fraction of sp³-hybridized carbons (Fsp3) is 0.425. The molecule has 5 aromatic rings. The highest BCUT2D eigenvalue weighted by atomic mass is 16.6. The van der Waals surface area contributed by atoms with E-state index in [1.54, 1.807) is 11.1 Å². The van der Waals surface area contributed by atoms with Gasteiger partial charge in [0.25, 0.3) is 0 Å². The van der Waals surface area contributed by atoms with Crippen molar-refractivity contribution >= 4 is 17.1 Å². The normalized spacial score (nSPS) is 23.4. The zero-order valence-electron chi connectivity index (χ0n) is 28.1. The summed E-state index contributed by atoms with van der Waals surface area (Å²) in [6, 6.07) is 20.6. The van der Waals surface area contributed by atoms with Crippen LogP contribution in [0.25, 0.3) is 44.5 Å². The standard InChI is InChI=1S/C40H44N6O2/c1-40(2,3)48-39(47)46-19-5-7-34(46)38-43-30-17-14-25(21-32(30)44-38)29-16-15-28(35-26-12-13-27(20-26)36(29)35)23-8-10-24(11-9-23)33-22-42-37(45-33)31-6-4-18-41-31/h8-11,14-17,21-22,26-27,31,34,41H,4-7,12-13,18-20H2,1-3H3,(H,42,45)(H,43,44)/t26-,27?,31+,34+/m1/s1. The van der Waals surface area contributed by atoms with Gasteiger partial charge in [0, 0.05) is 6.54 Å². The summed E-state index contributed by atoms with van der Waals surface area (Å²) in [7, 11) is 0. The average molecular weight is 641 g/mol. The van der Waals surface area contributed by atoms with Crippen LogP contribution in [0.5, 0.6) is 0 Å². The molecule has 8 nitrogen and oxygen atoms in total. The first-order valence-electron chi connectivity index (χ1n) is 17.8. The molecular weight excluding hydrogens is 596 g/mol. The topological polar surface area (TPSA) is 98.9 Å². The van der Waals surface area contributed by atoms with Crippen molar-refractivity contribution in [2.75, 3.05) is 13.1 Å². The summed E-state index contributed by atoms with van der Waals surface area (Å²) in [5.74, 6) is 3.12. The van der Waals surface area contributed by atoms with Crippen molar-refractivity contribution in [2.24, 2.45) is 0 Å². The van der Waals surface area contributed by atoms with Gasteiger partial charge in [-0.05, 0) is 135 Å². The Morgan fingerprint density at radius 3 is 2.29 bits per heavy atom. The van der Waals surface area contributed by atoms with Gasteiger partial charge in [0.1, 0.15) is 17.2 Å². The lowest BCUT2D eigenvalue weighted by atomic mass is 9.81. The van der Waals surface area contributed by atoms with E-state index < -0.39 is 5.60 Å². The molecule has 48 heavy (non-hydrogen) atoms. The summed E-state index contributed by atoms with van der Waals surface area (Å²) in [4.78, 5) is 31.6. The number of likely N-dealkylation sites (tertiary alicyclic amines) is 1. The van der Waals surface area contributed by atoms with Crippen molar-refractivity contribution in [3.8, 4) is 33.5 Å². The quantitative estimate of drug-likeness (QED) is 0.178. The van der Waals surface area contributed by atoms with Crippen LogP contribution >= 0.6 is 0 Å². The molecular formula is C40H44N6O2. The summed E-state index contributed by atoms with van der Waals surface area (Å²) in [5, 5.41) is 3.54. The smallest absolute Gasteiger partial charge is 0.410 e. The highest BCUT2D eigenvalue weighted by Gasteiger charge is 2.40. The summed E-state index contributed by atoms with van der Waals surface area (Å²) in [6.07, 6.45) is 9.67. The molecule has 246 valence electrons. The molecule has 3 N–H and O–H groups in total. The number of benzene rings is 3. The van der Waals surface area contributed by atoms with Crippen LogP contribution in [0.1, 0.15) is 112 Å². The molecule has 2 aromatic heterocycles. The van der Waals surface area contributed by atoms with E-state index >= 15 is 0 Å². The molecule has 3 fully saturated rings. The van der Waals surface area contributed by atoms with E-state index in [2.05, 4.69) is 74.9 Å². The van der Waals surface area contributed by atoms with Crippen molar-refractivity contribution in [1.29, 1.82) is 0 Å². The highest BCUT2D eigenvalue weighted by Crippen LogP contribution is 2.58. The Hall–Kier alpha value is -4.43. The van der Waals surface area contributed by atoms with Crippen LogP contribution in [-0.2, 0) is 4.74 Å². The molecule has 0 radical (unpaired) electrons. The third-order valence-electron chi connectivity index (χ3n) is 11.0. The molecule has 1 saturated carbocycles. The van der Waals surface area contributed by atoms with E-state index in [9.17, 15) is 4.79 Å². The van der Waals surface area contributed by atoms with E-state index in [4.69, 9.17) is 9.72 Å². The molecule has 4 heterocycles. The Bertz CT molecular complexity index is 2010. The summed E-state index contributed by atoms with van der Waals surface area (Å²) in [5.41, 5.74) is 12.0. The minimum Gasteiger partial charge on any atom is -0.444 e. The predicted octanol–water partition coefficient (Wildman–Crippen LogP) is 9.15. The number of carbonyl (C=O) groups is 1. The van der Waals surface area contributed by atoms with Gasteiger partial charge >= 0.3 is 6.09 Å². The second-order valence-electron chi connectivity index (χ2n) is 15.3. The monoisotopic (exact) mass is 640 g/mol. The number of fused-ring (bicyclic) bond motifs is 6. The molecule has 9 rings (SSSR count). The summed E-state index contributed by atoms with van der Waals surface area (Å²) < 4.78 is 5.72. The molecule has 2 aliphatic heterocycles. The van der Waals surface area contributed by atoms with Gasteiger partial charge in [-0.1, -0.05) is 42.5 Å². The largest absolute Gasteiger partial charge is 0.444 e. The highest BCUT2D eigenvalue weighted by molar-refractivity contribution is 5.86. The van der Waals surface area contributed by atoms with E-state index in [-0.39, 0.29) is 12.1 Å². The lowest BCUT2D eigenvalue weighted by molar-refractivity contribution is 0.0219. The summed E-state index contributed by atoms with van der Waals surface area (Å²) >= 11 is 0. The Kier molecular flexibility index (Phi) is 7.01. The average Bonchev–Trinajstić information content (AvgIpc) is 3.92. The minimum absolute atomic E-state index is 0.0963. The van der Waals surface area contributed by atoms with Crippen molar-refractivity contribution in [3.05, 3.63) is 83.6 Å². The first-order chi connectivity index (χ1) is 23.3. The Morgan fingerprint density at radius 2 is 1.56 bits per heavy atom. The van der Waals surface area contributed by atoms with Gasteiger partial charge in [0.15, 0.2) is 0 Å². The van der Waals surface area contributed by atoms with Crippen LogP contribution in [-0.4, -0.2) is 49.6 Å². The molecule has 1 amide bonds. The molecule has 2 bridgehead atoms. The second kappa shape index (κ2) is 11.3. The maximum atomic E-state index is 13.0. The third kappa shape index (κ3) is 5.12. The maximum absolute atomic E-state index is 13.0. The van der Waals surface area contributed by atoms with E-state index in [1.807, 2.05) is 31.9 Å². The molecule has 4 aliphatic rings. The van der Waals surface area contributed by atoms with Gasteiger partial charge in [-0.3, -0.25) is 4.90 Å². The zero-order chi connectivity index (χ0) is 32.6. The molecule has 0 spiro atoms. The van der Waals surface area contributed by atoms with Crippen LogP contribution in [0.4, 0.5) is 4.79 Å². The van der Waals surface area contributed by atoms with Crippen LogP contribution in [0.3, 0.4) is 0 Å². The van der Waals surface area contributed by atoms with Crippen LogP contribution < -0.4 is 5.32 Å². The van der Waals surface area contributed by atoms with Gasteiger partial charge in [0.2, 0.25) is 0 Å². The number of imidazole rings is 2. The Morgan fingerprint density at radius 1 is 0.833 bits per heavy atom. The molecule has 4 atom stereocenters. The van der Waals surface area contributed by atoms with Crippen molar-refractivity contribution in [1.82, 2.24) is 30.2 Å². The van der Waals surface area contributed by atoms with Gasteiger partial charge in [-0.25, -0.2) is 14.8 Å². The molecule has 2 saturated heterocycles.